The molecular formula is C9H11NO5S. The highest BCUT2D eigenvalue weighted by molar-refractivity contribution is 7.91. The Hall–Kier alpha value is -1.37. The fourth-order valence-electron chi connectivity index (χ4n) is 1.83. The largest absolute Gasteiger partial charge is 0.475 e. The molecule has 0 bridgehead atoms. The second kappa shape index (κ2) is 3.31. The van der Waals surface area contributed by atoms with E-state index in [1.54, 1.807) is 6.92 Å². The van der Waals surface area contributed by atoms with Crippen LogP contribution in [0.25, 0.3) is 0 Å². The molecule has 0 amide bonds. The van der Waals surface area contributed by atoms with E-state index in [0.717, 1.165) is 6.20 Å². The average Bonchev–Trinajstić information content (AvgIpc) is 2.71. The summed E-state index contributed by atoms with van der Waals surface area (Å²) in [7, 11) is -3.06. The predicted octanol–water partition coefficient (Wildman–Crippen LogP) is 0.449. The summed E-state index contributed by atoms with van der Waals surface area (Å²) in [5.74, 6) is -1.23. The first-order chi connectivity index (χ1) is 7.32. The Morgan fingerprint density at radius 3 is 2.75 bits per heavy atom. The number of carboxylic acids is 1. The lowest BCUT2D eigenvalue weighted by atomic mass is 9.90. The van der Waals surface area contributed by atoms with Crippen molar-refractivity contribution in [3.63, 3.8) is 0 Å². The summed E-state index contributed by atoms with van der Waals surface area (Å²) >= 11 is 0. The third-order valence-electron chi connectivity index (χ3n) is 2.74. The van der Waals surface area contributed by atoms with Crippen LogP contribution < -0.4 is 0 Å². The summed E-state index contributed by atoms with van der Waals surface area (Å²) in [5, 5.41) is 8.68. The van der Waals surface area contributed by atoms with Crippen molar-refractivity contribution in [2.75, 3.05) is 11.5 Å². The molecule has 1 unspecified atom stereocenters. The van der Waals surface area contributed by atoms with Gasteiger partial charge in [-0.1, -0.05) is 0 Å². The first kappa shape index (κ1) is 11.1. The molecule has 7 heteroatoms. The smallest absolute Gasteiger partial charge is 0.373 e. The quantitative estimate of drug-likeness (QED) is 0.812. The van der Waals surface area contributed by atoms with Crippen molar-refractivity contribution >= 4 is 15.8 Å². The van der Waals surface area contributed by atoms with E-state index in [0.29, 0.717) is 6.42 Å². The van der Waals surface area contributed by atoms with Crippen LogP contribution in [-0.4, -0.2) is 36.0 Å². The number of aromatic carboxylic acids is 1. The topological polar surface area (TPSA) is 97.5 Å². The highest BCUT2D eigenvalue weighted by atomic mass is 32.2. The van der Waals surface area contributed by atoms with Crippen molar-refractivity contribution in [1.82, 2.24) is 4.98 Å². The third kappa shape index (κ3) is 1.82. The molecule has 1 fully saturated rings. The molecule has 1 N–H and O–H groups in total. The maximum atomic E-state index is 11.4. The molecule has 1 atom stereocenters. The molecule has 0 radical (unpaired) electrons. The number of nitrogens with zero attached hydrogens (tertiary/aromatic N) is 1. The van der Waals surface area contributed by atoms with Crippen molar-refractivity contribution in [2.45, 2.75) is 18.8 Å². The molecule has 0 saturated carbocycles. The summed E-state index contributed by atoms with van der Waals surface area (Å²) in [4.78, 5) is 14.5. The van der Waals surface area contributed by atoms with E-state index in [9.17, 15) is 13.2 Å². The minimum atomic E-state index is -3.06. The zero-order chi connectivity index (χ0) is 12.0. The Morgan fingerprint density at radius 1 is 1.62 bits per heavy atom. The molecular weight excluding hydrogens is 234 g/mol. The van der Waals surface area contributed by atoms with Crippen LogP contribution in [0.2, 0.25) is 0 Å². The van der Waals surface area contributed by atoms with Crippen molar-refractivity contribution in [3.05, 3.63) is 17.8 Å². The van der Waals surface area contributed by atoms with Crippen LogP contribution in [0.5, 0.6) is 0 Å². The van der Waals surface area contributed by atoms with E-state index in [2.05, 4.69) is 4.98 Å². The van der Waals surface area contributed by atoms with Gasteiger partial charge in [-0.3, -0.25) is 0 Å². The molecule has 0 aromatic carbocycles. The molecule has 88 valence electrons. The van der Waals surface area contributed by atoms with Gasteiger partial charge in [0.1, 0.15) is 0 Å². The van der Waals surface area contributed by atoms with Gasteiger partial charge in [0.2, 0.25) is 11.7 Å². The monoisotopic (exact) mass is 245 g/mol. The van der Waals surface area contributed by atoms with E-state index in [1.165, 1.54) is 0 Å². The van der Waals surface area contributed by atoms with Gasteiger partial charge in [-0.25, -0.2) is 18.2 Å². The first-order valence-corrected chi connectivity index (χ1v) is 6.55. The Kier molecular flexibility index (Phi) is 2.30. The second-order valence-corrected chi connectivity index (χ2v) is 6.42. The van der Waals surface area contributed by atoms with Gasteiger partial charge < -0.3 is 9.52 Å². The SMILES string of the molecule is CC1(c2ncc(C(=O)O)o2)CCS(=O)(=O)C1. The summed E-state index contributed by atoms with van der Waals surface area (Å²) in [6, 6.07) is 0. The Balaban J connectivity index is 2.34. The molecule has 1 aliphatic rings. The van der Waals surface area contributed by atoms with Crippen LogP contribution in [0, 0.1) is 0 Å². The minimum Gasteiger partial charge on any atom is -0.475 e. The zero-order valence-corrected chi connectivity index (χ0v) is 9.45. The fourth-order valence-corrected chi connectivity index (χ4v) is 3.98. The van der Waals surface area contributed by atoms with Gasteiger partial charge in [0.25, 0.3) is 0 Å². The Labute approximate surface area is 92.2 Å². The lowest BCUT2D eigenvalue weighted by molar-refractivity contribution is 0.0658. The van der Waals surface area contributed by atoms with Gasteiger partial charge >= 0.3 is 5.97 Å². The van der Waals surface area contributed by atoms with Crippen LogP contribution in [0.1, 0.15) is 29.8 Å². The summed E-state index contributed by atoms with van der Waals surface area (Å²) in [6.07, 6.45) is 1.52. The van der Waals surface area contributed by atoms with E-state index in [4.69, 9.17) is 9.52 Å². The highest BCUT2D eigenvalue weighted by Gasteiger charge is 2.43. The summed E-state index contributed by atoms with van der Waals surface area (Å²) in [6.45, 7) is 1.72. The highest BCUT2D eigenvalue weighted by Crippen LogP contribution is 2.35. The predicted molar refractivity (Wildman–Crippen MR) is 54.1 cm³/mol. The van der Waals surface area contributed by atoms with E-state index >= 15 is 0 Å². The van der Waals surface area contributed by atoms with E-state index in [-0.39, 0.29) is 23.2 Å². The van der Waals surface area contributed by atoms with Crippen LogP contribution in [0.15, 0.2) is 10.6 Å². The molecule has 16 heavy (non-hydrogen) atoms. The number of rotatable bonds is 2. The molecule has 1 saturated heterocycles. The van der Waals surface area contributed by atoms with Crippen LogP contribution in [0.3, 0.4) is 0 Å². The molecule has 6 nitrogen and oxygen atoms in total. The Morgan fingerprint density at radius 2 is 2.31 bits per heavy atom. The van der Waals surface area contributed by atoms with Gasteiger partial charge in [-0.15, -0.1) is 0 Å². The zero-order valence-electron chi connectivity index (χ0n) is 8.63. The molecule has 1 aliphatic heterocycles. The number of carboxylic acid groups (broad SMARTS) is 1. The van der Waals surface area contributed by atoms with Crippen LogP contribution in [-0.2, 0) is 15.3 Å². The number of hydrogen-bond acceptors (Lipinski definition) is 5. The first-order valence-electron chi connectivity index (χ1n) is 4.72. The molecule has 2 rings (SSSR count). The van der Waals surface area contributed by atoms with E-state index in [1.807, 2.05) is 0 Å². The normalized spacial score (nSPS) is 28.1. The van der Waals surface area contributed by atoms with Gasteiger partial charge in [0.05, 0.1) is 23.1 Å². The van der Waals surface area contributed by atoms with Crippen molar-refractivity contribution < 1.29 is 22.7 Å². The number of sulfone groups is 1. The van der Waals surface area contributed by atoms with Crippen molar-refractivity contribution in [1.29, 1.82) is 0 Å². The second-order valence-electron chi connectivity index (χ2n) is 4.24. The van der Waals surface area contributed by atoms with Crippen molar-refractivity contribution in [3.8, 4) is 0 Å². The maximum absolute atomic E-state index is 11.4. The molecule has 0 aliphatic carbocycles. The third-order valence-corrected chi connectivity index (χ3v) is 4.64. The van der Waals surface area contributed by atoms with Gasteiger partial charge in [-0.2, -0.15) is 0 Å². The molecule has 0 spiro atoms. The average molecular weight is 245 g/mol. The lowest BCUT2D eigenvalue weighted by Crippen LogP contribution is -2.23. The van der Waals surface area contributed by atoms with Gasteiger partial charge in [0.15, 0.2) is 9.84 Å². The van der Waals surface area contributed by atoms with Gasteiger partial charge in [-0.05, 0) is 13.3 Å². The molecule has 1 aromatic rings. The fraction of sp³-hybridized carbons (Fsp3) is 0.556. The summed E-state index contributed by atoms with van der Waals surface area (Å²) < 4.78 is 27.8. The minimum absolute atomic E-state index is 0.0421. The van der Waals surface area contributed by atoms with Crippen LogP contribution in [0.4, 0.5) is 0 Å². The maximum Gasteiger partial charge on any atom is 0.373 e. The number of aromatic nitrogens is 1. The number of carbonyl (C=O) groups is 1. The molecule has 1 aromatic heterocycles. The van der Waals surface area contributed by atoms with E-state index < -0.39 is 21.2 Å². The Bertz CT molecular complexity index is 532. The van der Waals surface area contributed by atoms with Crippen LogP contribution >= 0.6 is 0 Å². The standard InChI is InChI=1S/C9H11NO5S/c1-9(2-3-16(13,14)5-9)8-10-4-6(15-8)7(11)12/h4H,2-3,5H2,1H3,(H,11,12). The number of oxazole rings is 1. The van der Waals surface area contributed by atoms with Gasteiger partial charge in [0, 0.05) is 0 Å². The summed E-state index contributed by atoms with van der Waals surface area (Å²) in [5.41, 5.74) is -0.702. The molecule has 2 heterocycles. The van der Waals surface area contributed by atoms with Crippen molar-refractivity contribution in [2.24, 2.45) is 0 Å². The lowest BCUT2D eigenvalue weighted by Gasteiger charge is -2.16. The number of hydrogen-bond donors (Lipinski definition) is 1.